The molecule has 0 bridgehead atoms. The average Bonchev–Trinajstić information content (AvgIpc) is 3.23. The van der Waals surface area contributed by atoms with E-state index in [9.17, 15) is 0 Å². The SMILES string of the molecule is CN1CCN(Cc2ccc(-c3ccc(COC4CCCC4)cc3)cn2)CC1. The molecule has 0 N–H and O–H groups in total. The van der Waals surface area contributed by atoms with Gasteiger partial charge in [0.2, 0.25) is 0 Å². The summed E-state index contributed by atoms with van der Waals surface area (Å²) >= 11 is 0. The molecule has 2 aromatic rings. The maximum atomic E-state index is 6.01. The third-order valence-electron chi connectivity index (χ3n) is 5.88. The second-order valence-electron chi connectivity index (χ2n) is 8.03. The Kier molecular flexibility index (Phi) is 6.17. The number of pyridine rings is 1. The fourth-order valence-corrected chi connectivity index (χ4v) is 3.99. The van der Waals surface area contributed by atoms with E-state index in [-0.39, 0.29) is 0 Å². The minimum absolute atomic E-state index is 0.474. The van der Waals surface area contributed by atoms with E-state index in [2.05, 4.69) is 53.2 Å². The summed E-state index contributed by atoms with van der Waals surface area (Å²) < 4.78 is 6.01. The zero-order chi connectivity index (χ0) is 18.5. The average molecular weight is 366 g/mol. The molecule has 2 aliphatic rings. The number of nitrogens with zero attached hydrogens (tertiary/aromatic N) is 3. The smallest absolute Gasteiger partial charge is 0.0720 e. The lowest BCUT2D eigenvalue weighted by Crippen LogP contribution is -2.43. The molecule has 27 heavy (non-hydrogen) atoms. The topological polar surface area (TPSA) is 28.6 Å². The van der Waals surface area contributed by atoms with E-state index in [1.54, 1.807) is 0 Å². The summed E-state index contributed by atoms with van der Waals surface area (Å²) in [5.74, 6) is 0. The van der Waals surface area contributed by atoms with E-state index in [1.807, 2.05) is 6.20 Å². The van der Waals surface area contributed by atoms with Crippen LogP contribution in [0.4, 0.5) is 0 Å². The van der Waals surface area contributed by atoms with Crippen molar-refractivity contribution in [1.82, 2.24) is 14.8 Å². The number of piperazine rings is 1. The lowest BCUT2D eigenvalue weighted by atomic mass is 10.1. The fourth-order valence-electron chi connectivity index (χ4n) is 3.99. The normalized spacial score (nSPS) is 19.6. The van der Waals surface area contributed by atoms with Crippen LogP contribution in [0.1, 0.15) is 36.9 Å². The second-order valence-corrected chi connectivity index (χ2v) is 8.03. The van der Waals surface area contributed by atoms with Crippen molar-refractivity contribution in [2.24, 2.45) is 0 Å². The Hall–Kier alpha value is -1.75. The quantitative estimate of drug-likeness (QED) is 0.775. The molecular weight excluding hydrogens is 334 g/mol. The van der Waals surface area contributed by atoms with Crippen molar-refractivity contribution in [1.29, 1.82) is 0 Å². The number of ether oxygens (including phenoxy) is 1. The molecule has 144 valence electrons. The van der Waals surface area contributed by atoms with Crippen molar-refractivity contribution in [2.45, 2.75) is 44.9 Å². The van der Waals surface area contributed by atoms with E-state index in [0.29, 0.717) is 6.10 Å². The zero-order valence-electron chi connectivity index (χ0n) is 16.4. The molecule has 1 aliphatic heterocycles. The molecule has 1 aliphatic carbocycles. The fraction of sp³-hybridized carbons (Fsp3) is 0.522. The lowest BCUT2D eigenvalue weighted by molar-refractivity contribution is 0.0457. The van der Waals surface area contributed by atoms with Crippen LogP contribution in [0.15, 0.2) is 42.6 Å². The van der Waals surface area contributed by atoms with Gasteiger partial charge < -0.3 is 9.64 Å². The molecule has 4 heteroatoms. The molecule has 2 heterocycles. The van der Waals surface area contributed by atoms with Crippen LogP contribution in [0.25, 0.3) is 11.1 Å². The Bertz CT molecular complexity index is 699. The third kappa shape index (κ3) is 5.16. The number of hydrogen-bond acceptors (Lipinski definition) is 4. The van der Waals surface area contributed by atoms with Gasteiger partial charge in [0.25, 0.3) is 0 Å². The minimum Gasteiger partial charge on any atom is -0.374 e. The van der Waals surface area contributed by atoms with Gasteiger partial charge in [0, 0.05) is 44.5 Å². The Balaban J connectivity index is 1.31. The molecule has 1 aromatic heterocycles. The van der Waals surface area contributed by atoms with Gasteiger partial charge in [-0.05, 0) is 37.1 Å². The summed E-state index contributed by atoms with van der Waals surface area (Å²) in [5, 5.41) is 0. The first-order chi connectivity index (χ1) is 13.3. The van der Waals surface area contributed by atoms with Gasteiger partial charge in [-0.3, -0.25) is 9.88 Å². The highest BCUT2D eigenvalue weighted by Crippen LogP contribution is 2.23. The van der Waals surface area contributed by atoms with Gasteiger partial charge in [0.1, 0.15) is 0 Å². The second kappa shape index (κ2) is 8.96. The number of aromatic nitrogens is 1. The zero-order valence-corrected chi connectivity index (χ0v) is 16.4. The van der Waals surface area contributed by atoms with Crippen molar-refractivity contribution in [3.8, 4) is 11.1 Å². The van der Waals surface area contributed by atoms with Crippen LogP contribution in [0.5, 0.6) is 0 Å². The van der Waals surface area contributed by atoms with Crippen LogP contribution in [0.2, 0.25) is 0 Å². The van der Waals surface area contributed by atoms with Crippen LogP contribution in [0, 0.1) is 0 Å². The summed E-state index contributed by atoms with van der Waals surface area (Å²) in [6.45, 7) is 6.23. The van der Waals surface area contributed by atoms with E-state index in [4.69, 9.17) is 9.72 Å². The first-order valence-corrected chi connectivity index (χ1v) is 10.3. The molecule has 1 saturated carbocycles. The van der Waals surface area contributed by atoms with Crippen molar-refractivity contribution in [3.63, 3.8) is 0 Å². The molecule has 1 aromatic carbocycles. The molecule has 4 rings (SSSR count). The summed E-state index contributed by atoms with van der Waals surface area (Å²) in [7, 11) is 2.19. The Morgan fingerprint density at radius 2 is 1.63 bits per heavy atom. The van der Waals surface area contributed by atoms with Crippen LogP contribution in [0.3, 0.4) is 0 Å². The predicted molar refractivity (Wildman–Crippen MR) is 109 cm³/mol. The Labute approximate surface area is 163 Å². The van der Waals surface area contributed by atoms with Gasteiger partial charge >= 0.3 is 0 Å². The third-order valence-corrected chi connectivity index (χ3v) is 5.88. The molecule has 4 nitrogen and oxygen atoms in total. The van der Waals surface area contributed by atoms with E-state index in [1.165, 1.54) is 42.4 Å². The van der Waals surface area contributed by atoms with Crippen molar-refractivity contribution >= 4 is 0 Å². The standard InChI is InChI=1S/C23H31N3O/c1-25-12-14-26(15-13-25)17-22-11-10-21(16-24-22)20-8-6-19(7-9-20)18-27-23-4-2-3-5-23/h6-11,16,23H,2-5,12-15,17-18H2,1H3. The maximum absolute atomic E-state index is 6.01. The summed E-state index contributed by atoms with van der Waals surface area (Å²) in [6.07, 6.45) is 7.58. The molecule has 0 atom stereocenters. The van der Waals surface area contributed by atoms with Gasteiger partial charge in [0.05, 0.1) is 18.4 Å². The summed E-state index contributed by atoms with van der Waals surface area (Å²) in [4.78, 5) is 9.57. The number of benzene rings is 1. The summed E-state index contributed by atoms with van der Waals surface area (Å²) in [6, 6.07) is 13.1. The minimum atomic E-state index is 0.474. The molecule has 1 saturated heterocycles. The van der Waals surface area contributed by atoms with Gasteiger partial charge in [-0.25, -0.2) is 0 Å². The highest BCUT2D eigenvalue weighted by atomic mass is 16.5. The number of rotatable bonds is 6. The Morgan fingerprint density at radius 3 is 2.30 bits per heavy atom. The van der Waals surface area contributed by atoms with Crippen molar-refractivity contribution < 1.29 is 4.74 Å². The van der Waals surface area contributed by atoms with E-state index >= 15 is 0 Å². The Morgan fingerprint density at radius 1 is 0.926 bits per heavy atom. The molecule has 0 unspecified atom stereocenters. The van der Waals surface area contributed by atoms with Gasteiger partial charge in [-0.1, -0.05) is 43.2 Å². The number of hydrogen-bond donors (Lipinski definition) is 0. The predicted octanol–water partition coefficient (Wildman–Crippen LogP) is 3.96. The van der Waals surface area contributed by atoms with Crippen LogP contribution in [-0.4, -0.2) is 54.1 Å². The van der Waals surface area contributed by atoms with Crippen LogP contribution < -0.4 is 0 Å². The monoisotopic (exact) mass is 365 g/mol. The largest absolute Gasteiger partial charge is 0.374 e. The summed E-state index contributed by atoms with van der Waals surface area (Å²) in [5.41, 5.74) is 4.81. The highest BCUT2D eigenvalue weighted by molar-refractivity contribution is 5.62. The van der Waals surface area contributed by atoms with Crippen LogP contribution >= 0.6 is 0 Å². The van der Waals surface area contributed by atoms with Crippen molar-refractivity contribution in [2.75, 3.05) is 33.2 Å². The highest BCUT2D eigenvalue weighted by Gasteiger charge is 2.15. The number of likely N-dealkylation sites (N-methyl/N-ethyl adjacent to an activating group) is 1. The lowest BCUT2D eigenvalue weighted by Gasteiger charge is -2.32. The van der Waals surface area contributed by atoms with Crippen molar-refractivity contribution in [3.05, 3.63) is 53.9 Å². The first-order valence-electron chi connectivity index (χ1n) is 10.3. The molecule has 0 amide bonds. The first kappa shape index (κ1) is 18.6. The van der Waals surface area contributed by atoms with Gasteiger partial charge in [-0.15, -0.1) is 0 Å². The molecular formula is C23H31N3O. The molecule has 2 fully saturated rings. The molecule has 0 spiro atoms. The van der Waals surface area contributed by atoms with Crippen LogP contribution in [-0.2, 0) is 17.9 Å². The molecule has 0 radical (unpaired) electrons. The van der Waals surface area contributed by atoms with E-state index < -0.39 is 0 Å². The van der Waals surface area contributed by atoms with E-state index in [0.717, 1.165) is 45.0 Å². The maximum Gasteiger partial charge on any atom is 0.0720 e. The van der Waals surface area contributed by atoms with Gasteiger partial charge in [-0.2, -0.15) is 0 Å². The van der Waals surface area contributed by atoms with Gasteiger partial charge in [0.15, 0.2) is 0 Å².